The molecule has 1 saturated heterocycles. The first-order chi connectivity index (χ1) is 7.97. The van der Waals surface area contributed by atoms with E-state index in [0.717, 1.165) is 19.5 Å². The Kier molecular flexibility index (Phi) is 6.27. The smallest absolute Gasteiger partial charge is 0.316 e. The summed E-state index contributed by atoms with van der Waals surface area (Å²) in [5, 5.41) is 6.65. The first-order valence-electron chi connectivity index (χ1n) is 6.48. The van der Waals surface area contributed by atoms with Crippen LogP contribution in [-0.2, 0) is 0 Å². The van der Waals surface area contributed by atoms with Crippen LogP contribution in [0.2, 0.25) is 0 Å². The van der Waals surface area contributed by atoms with Crippen LogP contribution in [0.15, 0.2) is 0 Å². The molecular weight excluding hydrogens is 229 g/mol. The average Bonchev–Trinajstić information content (AvgIpc) is 2.22. The molecule has 0 spiro atoms. The van der Waals surface area contributed by atoms with Crippen molar-refractivity contribution < 1.29 is 13.2 Å². The molecule has 5 heteroatoms. The lowest BCUT2D eigenvalue weighted by atomic mass is 9.93. The maximum atomic E-state index is 11.9. The van der Waals surface area contributed by atoms with E-state index in [0.29, 0.717) is 24.9 Å². The van der Waals surface area contributed by atoms with Gasteiger partial charge in [-0.2, -0.15) is 13.2 Å². The summed E-state index contributed by atoms with van der Waals surface area (Å²) in [6, 6.07) is 0.570. The van der Waals surface area contributed by atoms with E-state index in [9.17, 15) is 13.2 Å². The molecule has 102 valence electrons. The molecule has 1 aliphatic heterocycles. The minimum absolute atomic E-state index is 0.235. The Morgan fingerprint density at radius 1 is 1.29 bits per heavy atom. The molecule has 0 radical (unpaired) electrons. The van der Waals surface area contributed by atoms with E-state index in [4.69, 9.17) is 0 Å². The monoisotopic (exact) mass is 252 g/mol. The Labute approximate surface area is 101 Å². The lowest BCUT2D eigenvalue weighted by Gasteiger charge is -2.28. The van der Waals surface area contributed by atoms with Crippen LogP contribution in [0.4, 0.5) is 13.2 Å². The summed E-state index contributed by atoms with van der Waals surface area (Å²) in [7, 11) is 0. The van der Waals surface area contributed by atoms with Crippen molar-refractivity contribution in [2.45, 2.75) is 51.2 Å². The first-order valence-corrected chi connectivity index (χ1v) is 6.48. The normalized spacial score (nSPS) is 26.1. The molecule has 2 nitrogen and oxygen atoms in total. The standard InChI is InChI=1S/C12H23F3N2/c1-10-8-11(4-7-17-10)9-16-6-3-2-5-12(13,14)15/h10-11,16-17H,2-9H2,1H3. The summed E-state index contributed by atoms with van der Waals surface area (Å²) in [5.74, 6) is 0.675. The second kappa shape index (κ2) is 7.21. The summed E-state index contributed by atoms with van der Waals surface area (Å²) in [6.45, 7) is 4.88. The van der Waals surface area contributed by atoms with Gasteiger partial charge in [0.15, 0.2) is 0 Å². The molecule has 17 heavy (non-hydrogen) atoms. The summed E-state index contributed by atoms with van der Waals surface area (Å²) in [6.07, 6.45) is -1.47. The van der Waals surface area contributed by atoms with Gasteiger partial charge in [-0.05, 0) is 58.2 Å². The Balaban J connectivity index is 1.93. The second-order valence-electron chi connectivity index (χ2n) is 5.02. The number of hydrogen-bond donors (Lipinski definition) is 2. The summed E-state index contributed by atoms with van der Waals surface area (Å²) in [5.41, 5.74) is 0. The van der Waals surface area contributed by atoms with Crippen molar-refractivity contribution in [3.05, 3.63) is 0 Å². The molecule has 2 unspecified atom stereocenters. The minimum atomic E-state index is -4.00. The van der Waals surface area contributed by atoms with Crippen molar-refractivity contribution in [1.82, 2.24) is 10.6 Å². The first kappa shape index (κ1) is 14.8. The Bertz CT molecular complexity index is 206. The topological polar surface area (TPSA) is 24.1 Å². The predicted octanol–water partition coefficient (Wildman–Crippen LogP) is 2.70. The average molecular weight is 252 g/mol. The number of halogens is 3. The molecule has 1 aliphatic rings. The molecule has 1 fully saturated rings. The van der Waals surface area contributed by atoms with Crippen LogP contribution in [0.1, 0.15) is 39.0 Å². The number of alkyl halides is 3. The molecule has 1 heterocycles. The maximum Gasteiger partial charge on any atom is 0.389 e. The quantitative estimate of drug-likeness (QED) is 0.710. The van der Waals surface area contributed by atoms with E-state index in [1.54, 1.807) is 0 Å². The number of unbranched alkanes of at least 4 members (excludes halogenated alkanes) is 1. The number of rotatable bonds is 6. The van der Waals surface area contributed by atoms with E-state index in [1.165, 1.54) is 6.42 Å². The summed E-state index contributed by atoms with van der Waals surface area (Å²) >= 11 is 0. The van der Waals surface area contributed by atoms with Gasteiger partial charge in [-0.1, -0.05) is 0 Å². The van der Waals surface area contributed by atoms with Crippen LogP contribution < -0.4 is 10.6 Å². The van der Waals surface area contributed by atoms with Crippen molar-refractivity contribution in [2.75, 3.05) is 19.6 Å². The van der Waals surface area contributed by atoms with E-state index in [1.807, 2.05) is 0 Å². The molecule has 1 rings (SSSR count). The highest BCUT2D eigenvalue weighted by Crippen LogP contribution is 2.21. The SMILES string of the molecule is CC1CC(CNCCCCC(F)(F)F)CCN1. The fraction of sp³-hybridized carbons (Fsp3) is 1.00. The van der Waals surface area contributed by atoms with Gasteiger partial charge in [0.2, 0.25) is 0 Å². The zero-order chi connectivity index (χ0) is 12.7. The summed E-state index contributed by atoms with van der Waals surface area (Å²) in [4.78, 5) is 0. The fourth-order valence-electron chi connectivity index (χ4n) is 2.30. The molecule has 2 atom stereocenters. The highest BCUT2D eigenvalue weighted by Gasteiger charge is 2.25. The molecule has 0 aromatic carbocycles. The van der Waals surface area contributed by atoms with Crippen molar-refractivity contribution in [3.63, 3.8) is 0 Å². The second-order valence-corrected chi connectivity index (χ2v) is 5.02. The molecule has 0 aliphatic carbocycles. The van der Waals surface area contributed by atoms with Crippen LogP contribution in [0.25, 0.3) is 0 Å². The predicted molar refractivity (Wildman–Crippen MR) is 63.0 cm³/mol. The molecular formula is C12H23F3N2. The van der Waals surface area contributed by atoms with Crippen LogP contribution in [0, 0.1) is 5.92 Å². The van der Waals surface area contributed by atoms with Crippen molar-refractivity contribution in [3.8, 4) is 0 Å². The van der Waals surface area contributed by atoms with Gasteiger partial charge in [0, 0.05) is 12.5 Å². The fourth-order valence-corrected chi connectivity index (χ4v) is 2.30. The highest BCUT2D eigenvalue weighted by molar-refractivity contribution is 4.76. The zero-order valence-electron chi connectivity index (χ0n) is 10.4. The minimum Gasteiger partial charge on any atom is -0.316 e. The molecule has 0 bridgehead atoms. The number of nitrogens with one attached hydrogen (secondary N) is 2. The Hall–Kier alpha value is -0.290. The molecule has 0 aromatic heterocycles. The van der Waals surface area contributed by atoms with Gasteiger partial charge in [-0.25, -0.2) is 0 Å². The van der Waals surface area contributed by atoms with Crippen molar-refractivity contribution >= 4 is 0 Å². The van der Waals surface area contributed by atoms with Crippen LogP contribution in [0.5, 0.6) is 0 Å². The van der Waals surface area contributed by atoms with Crippen molar-refractivity contribution in [1.29, 1.82) is 0 Å². The van der Waals surface area contributed by atoms with Gasteiger partial charge < -0.3 is 10.6 Å². The Morgan fingerprint density at radius 2 is 2.06 bits per heavy atom. The largest absolute Gasteiger partial charge is 0.389 e. The van der Waals surface area contributed by atoms with Crippen LogP contribution >= 0.6 is 0 Å². The van der Waals surface area contributed by atoms with Crippen LogP contribution in [-0.4, -0.2) is 31.9 Å². The number of piperidine rings is 1. The van der Waals surface area contributed by atoms with Gasteiger partial charge in [0.1, 0.15) is 0 Å². The molecule has 0 amide bonds. The van der Waals surface area contributed by atoms with Gasteiger partial charge in [-0.3, -0.25) is 0 Å². The molecule has 0 saturated carbocycles. The third-order valence-electron chi connectivity index (χ3n) is 3.23. The van der Waals surface area contributed by atoms with E-state index < -0.39 is 12.6 Å². The third-order valence-corrected chi connectivity index (χ3v) is 3.23. The molecule has 0 aromatic rings. The van der Waals surface area contributed by atoms with Gasteiger partial charge in [0.05, 0.1) is 0 Å². The molecule has 2 N–H and O–H groups in total. The number of hydrogen-bond acceptors (Lipinski definition) is 2. The van der Waals surface area contributed by atoms with E-state index in [2.05, 4.69) is 17.6 Å². The zero-order valence-corrected chi connectivity index (χ0v) is 10.4. The lowest BCUT2D eigenvalue weighted by Crippen LogP contribution is -2.39. The highest BCUT2D eigenvalue weighted by atomic mass is 19.4. The van der Waals surface area contributed by atoms with Gasteiger partial charge in [-0.15, -0.1) is 0 Å². The van der Waals surface area contributed by atoms with E-state index in [-0.39, 0.29) is 6.42 Å². The van der Waals surface area contributed by atoms with Crippen LogP contribution in [0.3, 0.4) is 0 Å². The van der Waals surface area contributed by atoms with Gasteiger partial charge >= 0.3 is 6.18 Å². The van der Waals surface area contributed by atoms with E-state index >= 15 is 0 Å². The van der Waals surface area contributed by atoms with Gasteiger partial charge in [0.25, 0.3) is 0 Å². The Morgan fingerprint density at radius 3 is 2.71 bits per heavy atom. The maximum absolute atomic E-state index is 11.9. The third kappa shape index (κ3) is 7.60. The van der Waals surface area contributed by atoms with Crippen molar-refractivity contribution in [2.24, 2.45) is 5.92 Å². The summed E-state index contributed by atoms with van der Waals surface area (Å²) < 4.78 is 35.6. The lowest BCUT2D eigenvalue weighted by molar-refractivity contribution is -0.135.